The normalized spacial score (nSPS) is 17.5. The molecule has 68 valence electrons. The maximum Gasteiger partial charge on any atom is 0.249 e. The smallest absolute Gasteiger partial charge is 0.249 e. The van der Waals surface area contributed by atoms with Crippen LogP contribution in [0.4, 0.5) is 5.13 Å². The third-order valence-corrected chi connectivity index (χ3v) is 2.56. The van der Waals surface area contributed by atoms with Crippen molar-refractivity contribution in [1.82, 2.24) is 4.98 Å². The Morgan fingerprint density at radius 2 is 2.38 bits per heavy atom. The lowest BCUT2D eigenvalue weighted by atomic mass is 10.2. The summed E-state index contributed by atoms with van der Waals surface area (Å²) < 4.78 is 0. The first-order valence-corrected chi connectivity index (χ1v) is 4.92. The summed E-state index contributed by atoms with van der Waals surface area (Å²) in [5, 5.41) is 8.04. The molecule has 0 saturated heterocycles. The zero-order valence-electron chi connectivity index (χ0n) is 7.23. The number of carbonyl (C=O) groups excluding carboxylic acids is 1. The highest BCUT2D eigenvalue weighted by Crippen LogP contribution is 2.21. The highest BCUT2D eigenvalue weighted by Gasteiger charge is 2.21. The highest BCUT2D eigenvalue weighted by molar-refractivity contribution is 7.13. The number of anilines is 1. The van der Waals surface area contributed by atoms with Gasteiger partial charge >= 0.3 is 0 Å². The predicted octanol–water partition coefficient (Wildman–Crippen LogP) is 1.65. The van der Waals surface area contributed by atoms with E-state index in [0.29, 0.717) is 11.6 Å². The number of hydrogen-bond acceptors (Lipinski definition) is 4. The van der Waals surface area contributed by atoms with Gasteiger partial charge in [0.05, 0.1) is 0 Å². The molecule has 13 heavy (non-hydrogen) atoms. The molecule has 0 aromatic carbocycles. The van der Waals surface area contributed by atoms with E-state index in [9.17, 15) is 4.79 Å². The van der Waals surface area contributed by atoms with Gasteiger partial charge < -0.3 is 0 Å². The monoisotopic (exact) mass is 195 g/mol. The van der Waals surface area contributed by atoms with E-state index in [-0.39, 0.29) is 5.91 Å². The summed E-state index contributed by atoms with van der Waals surface area (Å²) in [7, 11) is 0. The average Bonchev–Trinajstić information content (AvgIpc) is 2.61. The van der Waals surface area contributed by atoms with Crippen molar-refractivity contribution in [2.24, 2.45) is 5.10 Å². The van der Waals surface area contributed by atoms with Gasteiger partial charge in [0.25, 0.3) is 0 Å². The van der Waals surface area contributed by atoms with Gasteiger partial charge in [0, 0.05) is 23.7 Å². The minimum absolute atomic E-state index is 0.0283. The molecule has 2 rings (SSSR count). The SMILES string of the molecule is CC1=NN(c2nccs2)C(=O)CC1. The van der Waals surface area contributed by atoms with E-state index in [0.717, 1.165) is 12.1 Å². The summed E-state index contributed by atoms with van der Waals surface area (Å²) in [5.41, 5.74) is 0.981. The molecular formula is C8H9N3OS. The second kappa shape index (κ2) is 3.26. The van der Waals surface area contributed by atoms with E-state index in [1.54, 1.807) is 6.20 Å². The van der Waals surface area contributed by atoms with Crippen LogP contribution >= 0.6 is 11.3 Å². The maximum atomic E-state index is 11.4. The number of hydrazone groups is 1. The molecule has 0 bridgehead atoms. The van der Waals surface area contributed by atoms with Crippen molar-refractivity contribution < 1.29 is 4.79 Å². The van der Waals surface area contributed by atoms with Crippen LogP contribution in [0.1, 0.15) is 19.8 Å². The van der Waals surface area contributed by atoms with Crippen molar-refractivity contribution in [2.75, 3.05) is 5.01 Å². The Labute approximate surface area is 79.9 Å². The number of nitrogens with zero attached hydrogens (tertiary/aromatic N) is 3. The summed E-state index contributed by atoms with van der Waals surface area (Å²) in [5.74, 6) is 0.0283. The molecule has 0 radical (unpaired) electrons. The second-order valence-electron chi connectivity index (χ2n) is 2.86. The molecule has 4 nitrogen and oxygen atoms in total. The molecule has 0 unspecified atom stereocenters. The molecule has 5 heteroatoms. The molecule has 0 saturated carbocycles. The number of aromatic nitrogens is 1. The van der Waals surface area contributed by atoms with Crippen LogP contribution in [0, 0.1) is 0 Å². The fourth-order valence-electron chi connectivity index (χ4n) is 1.14. The molecule has 0 spiro atoms. The number of rotatable bonds is 1. The summed E-state index contributed by atoms with van der Waals surface area (Å²) in [6.07, 6.45) is 2.97. The van der Waals surface area contributed by atoms with Crippen LogP contribution in [0.2, 0.25) is 0 Å². The topological polar surface area (TPSA) is 45.6 Å². The van der Waals surface area contributed by atoms with Crippen LogP contribution in [0.3, 0.4) is 0 Å². The van der Waals surface area contributed by atoms with Crippen LogP contribution in [-0.4, -0.2) is 16.6 Å². The standard InChI is InChI=1S/C8H9N3OS/c1-6-2-3-7(12)11(10-6)8-9-4-5-13-8/h4-5H,2-3H2,1H3. The van der Waals surface area contributed by atoms with Gasteiger partial charge in [0.15, 0.2) is 0 Å². The van der Waals surface area contributed by atoms with E-state index in [4.69, 9.17) is 0 Å². The van der Waals surface area contributed by atoms with Gasteiger partial charge in [-0.05, 0) is 13.3 Å². The summed E-state index contributed by atoms with van der Waals surface area (Å²) in [6.45, 7) is 1.92. The first-order valence-electron chi connectivity index (χ1n) is 4.04. The highest BCUT2D eigenvalue weighted by atomic mass is 32.1. The molecule has 0 aliphatic carbocycles. The molecule has 1 aliphatic heterocycles. The largest absolute Gasteiger partial charge is 0.272 e. The third-order valence-electron chi connectivity index (χ3n) is 1.81. The number of thiazole rings is 1. The minimum Gasteiger partial charge on any atom is -0.272 e. The van der Waals surface area contributed by atoms with Gasteiger partial charge in [-0.15, -0.1) is 11.3 Å². The van der Waals surface area contributed by atoms with Gasteiger partial charge in [-0.25, -0.2) is 4.98 Å². The number of carbonyl (C=O) groups is 1. The molecule has 1 aromatic rings. The van der Waals surface area contributed by atoms with Gasteiger partial charge in [-0.1, -0.05) is 0 Å². The maximum absolute atomic E-state index is 11.4. The Kier molecular flexibility index (Phi) is 2.10. The Hall–Kier alpha value is -1.23. The average molecular weight is 195 g/mol. The van der Waals surface area contributed by atoms with E-state index in [1.807, 2.05) is 12.3 Å². The molecule has 1 aliphatic rings. The first kappa shape index (κ1) is 8.37. The summed E-state index contributed by atoms with van der Waals surface area (Å²) in [4.78, 5) is 15.5. The van der Waals surface area contributed by atoms with Crippen molar-refractivity contribution in [1.29, 1.82) is 0 Å². The Balaban J connectivity index is 2.32. The third kappa shape index (κ3) is 1.60. The molecule has 0 atom stereocenters. The molecule has 1 aromatic heterocycles. The van der Waals surface area contributed by atoms with Crippen molar-refractivity contribution in [3.05, 3.63) is 11.6 Å². The van der Waals surface area contributed by atoms with E-state index >= 15 is 0 Å². The molecule has 0 N–H and O–H groups in total. The van der Waals surface area contributed by atoms with Gasteiger partial charge in [0.2, 0.25) is 11.0 Å². The first-order chi connectivity index (χ1) is 6.27. The molecule has 0 fully saturated rings. The van der Waals surface area contributed by atoms with E-state index in [2.05, 4.69) is 10.1 Å². The molecule has 2 heterocycles. The minimum atomic E-state index is 0.0283. The van der Waals surface area contributed by atoms with Crippen molar-refractivity contribution in [2.45, 2.75) is 19.8 Å². The fourth-order valence-corrected chi connectivity index (χ4v) is 1.75. The van der Waals surface area contributed by atoms with Gasteiger partial charge in [-0.3, -0.25) is 4.79 Å². The lowest BCUT2D eigenvalue weighted by Crippen LogP contribution is -2.30. The van der Waals surface area contributed by atoms with E-state index in [1.165, 1.54) is 16.3 Å². The lowest BCUT2D eigenvalue weighted by molar-refractivity contribution is -0.118. The lowest BCUT2D eigenvalue weighted by Gasteiger charge is -2.19. The van der Waals surface area contributed by atoms with Crippen LogP contribution in [0.25, 0.3) is 0 Å². The van der Waals surface area contributed by atoms with Crippen LogP contribution < -0.4 is 5.01 Å². The fraction of sp³-hybridized carbons (Fsp3) is 0.375. The van der Waals surface area contributed by atoms with Crippen molar-refractivity contribution >= 4 is 28.1 Å². The van der Waals surface area contributed by atoms with Crippen molar-refractivity contribution in [3.63, 3.8) is 0 Å². The van der Waals surface area contributed by atoms with Crippen LogP contribution in [-0.2, 0) is 4.79 Å². The quantitative estimate of drug-likeness (QED) is 0.684. The Morgan fingerprint density at radius 1 is 1.54 bits per heavy atom. The van der Waals surface area contributed by atoms with Crippen molar-refractivity contribution in [3.8, 4) is 0 Å². The zero-order chi connectivity index (χ0) is 9.26. The van der Waals surface area contributed by atoms with E-state index < -0.39 is 0 Å². The molecular weight excluding hydrogens is 186 g/mol. The number of hydrogen-bond donors (Lipinski definition) is 0. The van der Waals surface area contributed by atoms with Gasteiger partial charge in [-0.2, -0.15) is 10.1 Å². The predicted molar refractivity (Wildman–Crippen MR) is 51.9 cm³/mol. The Bertz CT molecular complexity index is 344. The summed E-state index contributed by atoms with van der Waals surface area (Å²) in [6, 6.07) is 0. The second-order valence-corrected chi connectivity index (χ2v) is 3.73. The Morgan fingerprint density at radius 3 is 3.08 bits per heavy atom. The zero-order valence-corrected chi connectivity index (χ0v) is 8.04. The number of amides is 1. The van der Waals surface area contributed by atoms with Crippen LogP contribution in [0.5, 0.6) is 0 Å². The molecule has 1 amide bonds. The summed E-state index contributed by atoms with van der Waals surface area (Å²) >= 11 is 1.42. The van der Waals surface area contributed by atoms with Gasteiger partial charge in [0.1, 0.15) is 0 Å². The van der Waals surface area contributed by atoms with Crippen LogP contribution in [0.15, 0.2) is 16.7 Å².